The number of nitrogens with one attached hydrogen (secondary N) is 1. The average molecular weight is 349 g/mol. The van der Waals surface area contributed by atoms with Crippen LogP contribution in [0.1, 0.15) is 17.3 Å². The summed E-state index contributed by atoms with van der Waals surface area (Å²) < 4.78 is 15.8. The van der Waals surface area contributed by atoms with Crippen LogP contribution in [0.25, 0.3) is 0 Å². The minimum Gasteiger partial charge on any atom is -0.346 e. The molecule has 1 unspecified atom stereocenters. The fraction of sp³-hybridized carbons (Fsp3) is 0.118. The summed E-state index contributed by atoms with van der Waals surface area (Å²) in [7, 11) is 0. The van der Waals surface area contributed by atoms with Gasteiger partial charge in [0.2, 0.25) is 5.91 Å². The van der Waals surface area contributed by atoms with Gasteiger partial charge in [-0.15, -0.1) is 11.3 Å². The van der Waals surface area contributed by atoms with Crippen molar-refractivity contribution in [3.8, 4) is 0 Å². The summed E-state index contributed by atoms with van der Waals surface area (Å²) >= 11 is 7.31. The molecule has 1 N–H and O–H groups in total. The highest BCUT2D eigenvalue weighted by atomic mass is 35.5. The van der Waals surface area contributed by atoms with E-state index in [2.05, 4.69) is 5.32 Å². The first-order chi connectivity index (χ1) is 11.1. The SMILES string of the molecule is O=C(CC(c1cccs1)n1cccc1)Nc1ccc(Cl)cc1F. The highest BCUT2D eigenvalue weighted by Gasteiger charge is 2.19. The van der Waals surface area contributed by atoms with E-state index in [4.69, 9.17) is 11.6 Å². The third-order valence-electron chi connectivity index (χ3n) is 3.44. The first kappa shape index (κ1) is 15.8. The Bertz CT molecular complexity index is 753. The van der Waals surface area contributed by atoms with Crippen LogP contribution in [0.4, 0.5) is 10.1 Å². The van der Waals surface area contributed by atoms with Crippen molar-refractivity contribution < 1.29 is 9.18 Å². The second kappa shape index (κ2) is 6.98. The zero-order valence-corrected chi connectivity index (χ0v) is 13.7. The van der Waals surface area contributed by atoms with Gasteiger partial charge in [-0.1, -0.05) is 17.7 Å². The molecule has 0 radical (unpaired) electrons. The molecule has 0 bridgehead atoms. The predicted octanol–water partition coefficient (Wildman–Crippen LogP) is 4.96. The number of thiophene rings is 1. The summed E-state index contributed by atoms with van der Waals surface area (Å²) in [5, 5.41) is 4.88. The number of anilines is 1. The van der Waals surface area contributed by atoms with E-state index in [1.54, 1.807) is 17.4 Å². The molecule has 0 aliphatic rings. The number of halogens is 2. The van der Waals surface area contributed by atoms with Crippen molar-refractivity contribution in [1.82, 2.24) is 4.57 Å². The zero-order valence-electron chi connectivity index (χ0n) is 12.1. The molecule has 6 heteroatoms. The summed E-state index contributed by atoms with van der Waals surface area (Å²) in [5.41, 5.74) is 0.136. The largest absolute Gasteiger partial charge is 0.346 e. The quantitative estimate of drug-likeness (QED) is 0.694. The van der Waals surface area contributed by atoms with Gasteiger partial charge in [0, 0.05) is 22.3 Å². The number of hydrogen-bond donors (Lipinski definition) is 1. The van der Waals surface area contributed by atoms with Crippen molar-refractivity contribution in [2.24, 2.45) is 0 Å². The number of amides is 1. The third kappa shape index (κ3) is 3.81. The third-order valence-corrected chi connectivity index (χ3v) is 4.65. The number of carbonyl (C=O) groups excluding carboxylic acids is 1. The van der Waals surface area contributed by atoms with Crippen molar-refractivity contribution in [2.75, 3.05) is 5.32 Å². The fourth-order valence-electron chi connectivity index (χ4n) is 2.36. The molecule has 0 fully saturated rings. The monoisotopic (exact) mass is 348 g/mol. The van der Waals surface area contributed by atoms with Crippen molar-refractivity contribution >= 4 is 34.5 Å². The van der Waals surface area contributed by atoms with Crippen LogP contribution in [0.15, 0.2) is 60.2 Å². The lowest BCUT2D eigenvalue weighted by atomic mass is 10.1. The highest BCUT2D eigenvalue weighted by molar-refractivity contribution is 7.10. The minimum atomic E-state index is -0.542. The van der Waals surface area contributed by atoms with Gasteiger partial charge in [0.15, 0.2) is 0 Å². The standard InChI is InChI=1S/C17H14ClFN2OS/c18-12-5-6-14(13(19)10-12)20-17(22)11-15(16-4-3-9-23-16)21-7-1-2-8-21/h1-10,15H,11H2,(H,20,22). The first-order valence-electron chi connectivity index (χ1n) is 7.04. The zero-order chi connectivity index (χ0) is 16.2. The molecule has 1 amide bonds. The highest BCUT2D eigenvalue weighted by Crippen LogP contribution is 2.27. The van der Waals surface area contributed by atoms with Crippen LogP contribution in [0.3, 0.4) is 0 Å². The number of hydrogen-bond acceptors (Lipinski definition) is 2. The number of rotatable bonds is 5. The van der Waals surface area contributed by atoms with E-state index in [-0.39, 0.29) is 24.1 Å². The molecule has 0 spiro atoms. The predicted molar refractivity (Wildman–Crippen MR) is 91.5 cm³/mol. The maximum atomic E-state index is 13.8. The van der Waals surface area contributed by atoms with E-state index in [1.165, 1.54) is 12.1 Å². The summed E-state index contributed by atoms with van der Waals surface area (Å²) in [5.74, 6) is -0.794. The van der Waals surface area contributed by atoms with Crippen molar-refractivity contribution in [2.45, 2.75) is 12.5 Å². The Kier molecular flexibility index (Phi) is 4.79. The Morgan fingerprint density at radius 1 is 1.26 bits per heavy atom. The molecule has 118 valence electrons. The molecule has 3 aromatic rings. The molecule has 1 atom stereocenters. The Morgan fingerprint density at radius 2 is 2.04 bits per heavy atom. The van der Waals surface area contributed by atoms with Gasteiger partial charge in [0.05, 0.1) is 18.2 Å². The van der Waals surface area contributed by atoms with E-state index >= 15 is 0 Å². The van der Waals surface area contributed by atoms with Crippen LogP contribution in [0.2, 0.25) is 5.02 Å². The van der Waals surface area contributed by atoms with Crippen LogP contribution in [-0.4, -0.2) is 10.5 Å². The van der Waals surface area contributed by atoms with Crippen LogP contribution in [0.5, 0.6) is 0 Å². The first-order valence-corrected chi connectivity index (χ1v) is 8.30. The second-order valence-corrected chi connectivity index (χ2v) is 6.45. The second-order valence-electron chi connectivity index (χ2n) is 5.04. The lowest BCUT2D eigenvalue weighted by molar-refractivity contribution is -0.116. The van der Waals surface area contributed by atoms with Crippen LogP contribution < -0.4 is 5.32 Å². The van der Waals surface area contributed by atoms with Gasteiger partial charge in [-0.3, -0.25) is 4.79 Å². The van der Waals surface area contributed by atoms with Crippen LogP contribution in [0, 0.1) is 5.82 Å². The molecule has 0 saturated heterocycles. The van der Waals surface area contributed by atoms with Crippen molar-refractivity contribution in [3.63, 3.8) is 0 Å². The minimum absolute atomic E-state index is 0.111. The lowest BCUT2D eigenvalue weighted by Crippen LogP contribution is -2.19. The van der Waals surface area contributed by atoms with Crippen LogP contribution >= 0.6 is 22.9 Å². The van der Waals surface area contributed by atoms with E-state index in [9.17, 15) is 9.18 Å². The molecule has 0 aliphatic heterocycles. The molecule has 23 heavy (non-hydrogen) atoms. The number of aromatic nitrogens is 1. The molecular weight excluding hydrogens is 335 g/mol. The molecule has 3 rings (SSSR count). The summed E-state index contributed by atoms with van der Waals surface area (Å²) in [4.78, 5) is 13.4. The molecule has 1 aromatic carbocycles. The Hall–Kier alpha value is -2.11. The maximum Gasteiger partial charge on any atom is 0.226 e. The molecule has 3 nitrogen and oxygen atoms in total. The van der Waals surface area contributed by atoms with E-state index in [0.29, 0.717) is 5.02 Å². The van der Waals surface area contributed by atoms with Gasteiger partial charge >= 0.3 is 0 Å². The summed E-state index contributed by atoms with van der Waals surface area (Å²) in [6.07, 6.45) is 4.05. The topological polar surface area (TPSA) is 34.0 Å². The molecule has 0 aliphatic carbocycles. The van der Waals surface area contributed by atoms with Gasteiger partial charge in [-0.05, 0) is 41.8 Å². The Labute approximate surface area is 142 Å². The molecular formula is C17H14ClFN2OS. The van der Waals surface area contributed by atoms with Crippen molar-refractivity contribution in [3.05, 3.63) is 76.0 Å². The van der Waals surface area contributed by atoms with Gasteiger partial charge in [-0.2, -0.15) is 0 Å². The van der Waals surface area contributed by atoms with Crippen molar-refractivity contribution in [1.29, 1.82) is 0 Å². The van der Waals surface area contributed by atoms with Crippen LogP contribution in [-0.2, 0) is 4.79 Å². The Balaban J connectivity index is 1.76. The van der Waals surface area contributed by atoms with Gasteiger partial charge < -0.3 is 9.88 Å². The van der Waals surface area contributed by atoms with Gasteiger partial charge in [0.25, 0.3) is 0 Å². The number of carbonyl (C=O) groups is 1. The maximum absolute atomic E-state index is 13.8. The molecule has 2 aromatic heterocycles. The van der Waals surface area contributed by atoms with E-state index < -0.39 is 5.82 Å². The summed E-state index contributed by atoms with van der Waals surface area (Å²) in [6.45, 7) is 0. The van der Waals surface area contributed by atoms with Gasteiger partial charge in [0.1, 0.15) is 5.82 Å². The fourth-order valence-corrected chi connectivity index (χ4v) is 3.35. The Morgan fingerprint density at radius 3 is 2.70 bits per heavy atom. The number of nitrogens with zero attached hydrogens (tertiary/aromatic N) is 1. The van der Waals surface area contributed by atoms with Gasteiger partial charge in [-0.25, -0.2) is 4.39 Å². The number of benzene rings is 1. The molecule has 2 heterocycles. The average Bonchev–Trinajstić information content (AvgIpc) is 3.21. The lowest BCUT2D eigenvalue weighted by Gasteiger charge is -2.17. The normalized spacial score (nSPS) is 12.1. The summed E-state index contributed by atoms with van der Waals surface area (Å²) in [6, 6.07) is 11.8. The smallest absolute Gasteiger partial charge is 0.226 e. The van der Waals surface area contributed by atoms with E-state index in [1.807, 2.05) is 46.6 Å². The molecule has 0 saturated carbocycles. The van der Waals surface area contributed by atoms with E-state index in [0.717, 1.165) is 4.88 Å².